The number of aromatic amines is 1. The molecule has 0 fully saturated rings. The average molecular weight is 192 g/mol. The van der Waals surface area contributed by atoms with Crippen molar-refractivity contribution in [3.63, 3.8) is 0 Å². The van der Waals surface area contributed by atoms with Gasteiger partial charge in [-0.25, -0.2) is 9.78 Å². The molecular formula is C9H8N2OS. The van der Waals surface area contributed by atoms with Crippen LogP contribution in [0.1, 0.15) is 4.88 Å². The molecule has 1 N–H and O–H groups in total. The Kier molecular flexibility index (Phi) is 1.98. The molecule has 0 atom stereocenters. The Labute approximate surface area is 79.1 Å². The molecule has 2 aromatic heterocycles. The second kappa shape index (κ2) is 3.14. The molecule has 4 heteroatoms. The standard InChI is InChI=1S/C9H8N2OS/c1-6-8(2-3-13-6)7-4-10-9(12)11-5-7/h2-5H,1H3,(H,10,11,12). The molecule has 3 nitrogen and oxygen atoms in total. The van der Waals surface area contributed by atoms with Crippen LogP contribution in [0.5, 0.6) is 0 Å². The highest BCUT2D eigenvalue weighted by Crippen LogP contribution is 2.25. The Morgan fingerprint density at radius 2 is 2.38 bits per heavy atom. The zero-order valence-corrected chi connectivity index (χ0v) is 7.89. The number of nitrogens with one attached hydrogen (secondary N) is 1. The zero-order chi connectivity index (χ0) is 9.26. The zero-order valence-electron chi connectivity index (χ0n) is 7.07. The number of rotatable bonds is 1. The van der Waals surface area contributed by atoms with E-state index in [1.165, 1.54) is 4.88 Å². The summed E-state index contributed by atoms with van der Waals surface area (Å²) < 4.78 is 0. The lowest BCUT2D eigenvalue weighted by atomic mass is 10.1. The van der Waals surface area contributed by atoms with Gasteiger partial charge in [-0.15, -0.1) is 11.3 Å². The second-order valence-corrected chi connectivity index (χ2v) is 3.82. The molecule has 0 saturated heterocycles. The molecular weight excluding hydrogens is 184 g/mol. The van der Waals surface area contributed by atoms with E-state index in [-0.39, 0.29) is 5.69 Å². The molecule has 0 saturated carbocycles. The van der Waals surface area contributed by atoms with Gasteiger partial charge in [0.1, 0.15) is 0 Å². The number of hydrogen-bond acceptors (Lipinski definition) is 3. The monoisotopic (exact) mass is 192 g/mol. The van der Waals surface area contributed by atoms with Gasteiger partial charge in [0.2, 0.25) is 0 Å². The summed E-state index contributed by atoms with van der Waals surface area (Å²) in [6.07, 6.45) is 3.28. The highest BCUT2D eigenvalue weighted by molar-refractivity contribution is 7.10. The lowest BCUT2D eigenvalue weighted by molar-refractivity contribution is 1.08. The molecule has 0 amide bonds. The first-order chi connectivity index (χ1) is 6.27. The van der Waals surface area contributed by atoms with Crippen LogP contribution in [-0.2, 0) is 0 Å². The van der Waals surface area contributed by atoms with Crippen LogP contribution in [0.4, 0.5) is 0 Å². The fourth-order valence-electron chi connectivity index (χ4n) is 1.17. The SMILES string of the molecule is Cc1sccc1-c1cnc(=O)[nH]c1. The van der Waals surface area contributed by atoms with E-state index in [0.717, 1.165) is 11.1 Å². The maximum atomic E-state index is 10.7. The molecule has 0 bridgehead atoms. The van der Waals surface area contributed by atoms with Crippen molar-refractivity contribution in [3.8, 4) is 11.1 Å². The lowest BCUT2D eigenvalue weighted by Crippen LogP contribution is -2.07. The molecule has 0 aromatic carbocycles. The Morgan fingerprint density at radius 3 is 2.92 bits per heavy atom. The number of aryl methyl sites for hydroxylation is 1. The van der Waals surface area contributed by atoms with E-state index in [0.29, 0.717) is 0 Å². The van der Waals surface area contributed by atoms with Crippen LogP contribution in [0.2, 0.25) is 0 Å². The van der Waals surface area contributed by atoms with Gasteiger partial charge in [-0.3, -0.25) is 0 Å². The third-order valence-electron chi connectivity index (χ3n) is 1.84. The van der Waals surface area contributed by atoms with Crippen molar-refractivity contribution in [1.82, 2.24) is 9.97 Å². The van der Waals surface area contributed by atoms with Gasteiger partial charge in [0.15, 0.2) is 0 Å². The minimum atomic E-state index is -0.309. The van der Waals surface area contributed by atoms with Crippen molar-refractivity contribution >= 4 is 11.3 Å². The predicted octanol–water partition coefficient (Wildman–Crippen LogP) is 1.81. The summed E-state index contributed by atoms with van der Waals surface area (Å²) in [6.45, 7) is 2.05. The first-order valence-electron chi connectivity index (χ1n) is 3.86. The molecule has 0 aliphatic carbocycles. The van der Waals surface area contributed by atoms with E-state index < -0.39 is 0 Å². The van der Waals surface area contributed by atoms with E-state index in [4.69, 9.17) is 0 Å². The maximum Gasteiger partial charge on any atom is 0.344 e. The van der Waals surface area contributed by atoms with Crippen molar-refractivity contribution in [1.29, 1.82) is 0 Å². The molecule has 2 aromatic rings. The summed E-state index contributed by atoms with van der Waals surface area (Å²) in [6, 6.07) is 2.02. The van der Waals surface area contributed by atoms with Crippen molar-refractivity contribution in [3.05, 3.63) is 39.2 Å². The molecule has 2 heterocycles. The summed E-state index contributed by atoms with van der Waals surface area (Å²) >= 11 is 1.68. The highest BCUT2D eigenvalue weighted by atomic mass is 32.1. The molecule has 2 rings (SSSR count). The summed E-state index contributed by atoms with van der Waals surface area (Å²) in [7, 11) is 0. The third-order valence-corrected chi connectivity index (χ3v) is 2.69. The van der Waals surface area contributed by atoms with Crippen molar-refractivity contribution in [2.45, 2.75) is 6.92 Å². The van der Waals surface area contributed by atoms with Gasteiger partial charge in [-0.1, -0.05) is 0 Å². The van der Waals surface area contributed by atoms with Gasteiger partial charge < -0.3 is 4.98 Å². The summed E-state index contributed by atoms with van der Waals surface area (Å²) in [5.74, 6) is 0. The lowest BCUT2D eigenvalue weighted by Gasteiger charge is -1.96. The fourth-order valence-corrected chi connectivity index (χ4v) is 1.90. The van der Waals surface area contributed by atoms with Gasteiger partial charge in [-0.05, 0) is 23.9 Å². The van der Waals surface area contributed by atoms with Crippen LogP contribution in [0.15, 0.2) is 28.6 Å². The minimum Gasteiger partial charge on any atom is -0.312 e. The topological polar surface area (TPSA) is 45.8 Å². The minimum absolute atomic E-state index is 0.309. The second-order valence-electron chi connectivity index (χ2n) is 2.70. The quantitative estimate of drug-likeness (QED) is 0.749. The van der Waals surface area contributed by atoms with E-state index in [1.807, 2.05) is 18.4 Å². The van der Waals surface area contributed by atoms with Gasteiger partial charge in [0.05, 0.1) is 0 Å². The van der Waals surface area contributed by atoms with E-state index >= 15 is 0 Å². The Hall–Kier alpha value is -1.42. The Bertz CT molecular complexity index is 452. The molecule has 13 heavy (non-hydrogen) atoms. The van der Waals surface area contributed by atoms with E-state index in [1.54, 1.807) is 23.7 Å². The summed E-state index contributed by atoms with van der Waals surface area (Å²) in [5, 5.41) is 2.02. The number of thiophene rings is 1. The molecule has 0 aliphatic heterocycles. The highest BCUT2D eigenvalue weighted by Gasteiger charge is 2.02. The van der Waals surface area contributed by atoms with Crippen LogP contribution < -0.4 is 5.69 Å². The van der Waals surface area contributed by atoms with E-state index in [2.05, 4.69) is 9.97 Å². The Morgan fingerprint density at radius 1 is 1.54 bits per heavy atom. The molecule has 0 unspecified atom stereocenters. The molecule has 66 valence electrons. The van der Waals surface area contributed by atoms with Crippen LogP contribution in [-0.4, -0.2) is 9.97 Å². The molecule has 0 radical (unpaired) electrons. The molecule has 0 spiro atoms. The van der Waals surface area contributed by atoms with Crippen molar-refractivity contribution in [2.75, 3.05) is 0 Å². The molecule has 0 aliphatic rings. The number of nitrogens with zero attached hydrogens (tertiary/aromatic N) is 1. The van der Waals surface area contributed by atoms with Crippen molar-refractivity contribution in [2.24, 2.45) is 0 Å². The van der Waals surface area contributed by atoms with Gasteiger partial charge >= 0.3 is 5.69 Å². The number of H-pyrrole nitrogens is 1. The Balaban J connectivity index is 2.53. The van der Waals surface area contributed by atoms with Gasteiger partial charge in [-0.2, -0.15) is 0 Å². The fraction of sp³-hybridized carbons (Fsp3) is 0.111. The van der Waals surface area contributed by atoms with Gasteiger partial charge in [0.25, 0.3) is 0 Å². The predicted molar refractivity (Wildman–Crippen MR) is 52.9 cm³/mol. The summed E-state index contributed by atoms with van der Waals surface area (Å²) in [5.41, 5.74) is 1.78. The first kappa shape index (κ1) is 8.19. The van der Waals surface area contributed by atoms with Crippen molar-refractivity contribution < 1.29 is 0 Å². The third kappa shape index (κ3) is 1.53. The number of hydrogen-bond donors (Lipinski definition) is 1. The van der Waals surface area contributed by atoms with E-state index in [9.17, 15) is 4.79 Å². The van der Waals surface area contributed by atoms with Crippen LogP contribution in [0, 0.1) is 6.92 Å². The maximum absolute atomic E-state index is 10.7. The van der Waals surface area contributed by atoms with Crippen LogP contribution in [0.25, 0.3) is 11.1 Å². The first-order valence-corrected chi connectivity index (χ1v) is 4.74. The average Bonchev–Trinajstić information content (AvgIpc) is 2.53. The smallest absolute Gasteiger partial charge is 0.312 e. The van der Waals surface area contributed by atoms with Crippen LogP contribution >= 0.6 is 11.3 Å². The summed E-state index contributed by atoms with van der Waals surface area (Å²) in [4.78, 5) is 18.2. The normalized spacial score (nSPS) is 10.2. The largest absolute Gasteiger partial charge is 0.344 e. The van der Waals surface area contributed by atoms with Crippen LogP contribution in [0.3, 0.4) is 0 Å². The number of aromatic nitrogens is 2. The van der Waals surface area contributed by atoms with Gasteiger partial charge in [0, 0.05) is 22.8 Å².